The second-order valence-corrected chi connectivity index (χ2v) is 2.65. The monoisotopic (exact) mass is 219 g/mol. The average Bonchev–Trinajstić information content (AvgIpc) is 2.34. The third kappa shape index (κ3) is 1.66. The lowest BCUT2D eigenvalue weighted by Gasteiger charge is -1.90. The van der Waals surface area contributed by atoms with Crippen LogP contribution in [0.3, 0.4) is 0 Å². The second kappa shape index (κ2) is 3.64. The zero-order chi connectivity index (χ0) is 8.27. The van der Waals surface area contributed by atoms with E-state index in [0.717, 1.165) is 0 Å². The first-order valence-electron chi connectivity index (χ1n) is 2.87. The highest BCUT2D eigenvalue weighted by Gasteiger charge is 2.11. The Hall–Kier alpha value is -0.680. The molecule has 0 spiro atoms. The molecule has 0 aliphatic heterocycles. The molecule has 0 bridgehead atoms. The van der Waals surface area contributed by atoms with Crippen molar-refractivity contribution in [1.29, 1.82) is 0 Å². The molecule has 60 valence electrons. The molecule has 0 aromatic carbocycles. The standard InChI is InChI=1S/C6H6BrNO3/c1-10-3-5-6(7)4(2-9)8-11-5/h2H,3H2,1H3. The average molecular weight is 220 g/mol. The Morgan fingerprint density at radius 2 is 2.55 bits per heavy atom. The first-order valence-corrected chi connectivity index (χ1v) is 3.67. The van der Waals surface area contributed by atoms with Crippen molar-refractivity contribution in [3.63, 3.8) is 0 Å². The third-order valence-corrected chi connectivity index (χ3v) is 1.96. The van der Waals surface area contributed by atoms with Gasteiger partial charge in [0.25, 0.3) is 0 Å². The highest BCUT2D eigenvalue weighted by molar-refractivity contribution is 9.10. The third-order valence-electron chi connectivity index (χ3n) is 1.11. The Bertz CT molecular complexity index is 258. The fourth-order valence-corrected chi connectivity index (χ4v) is 0.974. The summed E-state index contributed by atoms with van der Waals surface area (Å²) in [5, 5.41) is 3.48. The summed E-state index contributed by atoms with van der Waals surface area (Å²) in [5.41, 5.74) is 0.261. The summed E-state index contributed by atoms with van der Waals surface area (Å²) in [5.74, 6) is 0.523. The number of carbonyl (C=O) groups excluding carboxylic acids is 1. The second-order valence-electron chi connectivity index (χ2n) is 1.86. The number of hydrogen-bond donors (Lipinski definition) is 0. The Balaban J connectivity index is 2.90. The van der Waals surface area contributed by atoms with Gasteiger partial charge >= 0.3 is 0 Å². The van der Waals surface area contributed by atoms with E-state index in [4.69, 9.17) is 9.26 Å². The van der Waals surface area contributed by atoms with Gasteiger partial charge in [-0.05, 0) is 15.9 Å². The molecule has 1 aromatic rings. The van der Waals surface area contributed by atoms with E-state index in [0.29, 0.717) is 23.1 Å². The fraction of sp³-hybridized carbons (Fsp3) is 0.333. The predicted molar refractivity (Wildman–Crippen MR) is 40.3 cm³/mol. The zero-order valence-corrected chi connectivity index (χ0v) is 7.42. The minimum absolute atomic E-state index is 0.261. The highest BCUT2D eigenvalue weighted by Crippen LogP contribution is 2.20. The van der Waals surface area contributed by atoms with E-state index < -0.39 is 0 Å². The minimum atomic E-state index is 0.261. The summed E-state index contributed by atoms with van der Waals surface area (Å²) in [6, 6.07) is 0. The molecule has 0 aliphatic rings. The lowest BCUT2D eigenvalue weighted by Crippen LogP contribution is -1.85. The van der Waals surface area contributed by atoms with Crippen LogP contribution < -0.4 is 0 Å². The molecule has 5 heteroatoms. The Morgan fingerprint density at radius 1 is 1.82 bits per heavy atom. The van der Waals surface area contributed by atoms with Crippen molar-refractivity contribution in [1.82, 2.24) is 5.16 Å². The Kier molecular flexibility index (Phi) is 2.78. The van der Waals surface area contributed by atoms with Gasteiger partial charge in [-0.25, -0.2) is 0 Å². The smallest absolute Gasteiger partial charge is 0.177 e. The van der Waals surface area contributed by atoms with Crippen LogP contribution in [0.1, 0.15) is 16.2 Å². The number of aldehydes is 1. The first-order chi connectivity index (χ1) is 5.29. The summed E-state index contributed by atoms with van der Waals surface area (Å²) >= 11 is 3.14. The van der Waals surface area contributed by atoms with Gasteiger partial charge in [-0.2, -0.15) is 0 Å². The van der Waals surface area contributed by atoms with Crippen molar-refractivity contribution in [2.75, 3.05) is 7.11 Å². The topological polar surface area (TPSA) is 52.3 Å². The number of halogens is 1. The number of methoxy groups -OCH3 is 1. The molecule has 0 saturated carbocycles. The van der Waals surface area contributed by atoms with Gasteiger partial charge < -0.3 is 9.26 Å². The molecule has 0 saturated heterocycles. The van der Waals surface area contributed by atoms with Crippen molar-refractivity contribution in [2.24, 2.45) is 0 Å². The van der Waals surface area contributed by atoms with Crippen LogP contribution in [-0.4, -0.2) is 18.6 Å². The molecule has 0 fully saturated rings. The van der Waals surface area contributed by atoms with Crippen molar-refractivity contribution in [2.45, 2.75) is 6.61 Å². The Morgan fingerprint density at radius 3 is 3.00 bits per heavy atom. The number of hydrogen-bond acceptors (Lipinski definition) is 4. The highest BCUT2D eigenvalue weighted by atomic mass is 79.9. The van der Waals surface area contributed by atoms with Crippen LogP contribution in [0.5, 0.6) is 0 Å². The molecule has 0 atom stereocenters. The van der Waals surface area contributed by atoms with Crippen LogP contribution >= 0.6 is 15.9 Å². The number of ether oxygens (including phenoxy) is 1. The lowest BCUT2D eigenvalue weighted by atomic mass is 10.4. The van der Waals surface area contributed by atoms with Gasteiger partial charge in [-0.1, -0.05) is 5.16 Å². The molecule has 11 heavy (non-hydrogen) atoms. The van der Waals surface area contributed by atoms with Crippen LogP contribution in [0.15, 0.2) is 9.00 Å². The number of carbonyl (C=O) groups is 1. The van der Waals surface area contributed by atoms with Gasteiger partial charge in [0, 0.05) is 7.11 Å². The number of rotatable bonds is 3. The number of nitrogens with zero attached hydrogens (tertiary/aromatic N) is 1. The zero-order valence-electron chi connectivity index (χ0n) is 5.83. The number of aromatic nitrogens is 1. The minimum Gasteiger partial charge on any atom is -0.377 e. The van der Waals surface area contributed by atoms with Crippen LogP contribution in [0, 0.1) is 0 Å². The summed E-state index contributed by atoms with van der Waals surface area (Å²) in [4.78, 5) is 10.3. The molecule has 0 aliphatic carbocycles. The molecule has 0 N–H and O–H groups in total. The summed E-state index contributed by atoms with van der Waals surface area (Å²) in [6.45, 7) is 0.307. The summed E-state index contributed by atoms with van der Waals surface area (Å²) < 4.78 is 10.1. The van der Waals surface area contributed by atoms with Gasteiger partial charge in [-0.3, -0.25) is 4.79 Å². The van der Waals surface area contributed by atoms with Crippen molar-refractivity contribution >= 4 is 22.2 Å². The molecule has 0 radical (unpaired) electrons. The van der Waals surface area contributed by atoms with Crippen LogP contribution in [0.25, 0.3) is 0 Å². The SMILES string of the molecule is COCc1onc(C=O)c1Br. The van der Waals surface area contributed by atoms with Crippen molar-refractivity contribution in [3.05, 3.63) is 15.9 Å². The van der Waals surface area contributed by atoms with E-state index in [1.54, 1.807) is 0 Å². The fourth-order valence-electron chi connectivity index (χ4n) is 0.621. The quantitative estimate of drug-likeness (QED) is 0.722. The van der Waals surface area contributed by atoms with Crippen LogP contribution in [-0.2, 0) is 11.3 Å². The summed E-state index contributed by atoms with van der Waals surface area (Å²) in [7, 11) is 1.54. The van der Waals surface area contributed by atoms with Gasteiger partial charge in [-0.15, -0.1) is 0 Å². The maximum absolute atomic E-state index is 10.3. The molecule has 1 heterocycles. The maximum atomic E-state index is 10.3. The van der Waals surface area contributed by atoms with E-state index in [1.807, 2.05) is 0 Å². The van der Waals surface area contributed by atoms with E-state index in [2.05, 4.69) is 21.1 Å². The Labute approximate surface area is 71.6 Å². The maximum Gasteiger partial charge on any atom is 0.177 e. The van der Waals surface area contributed by atoms with E-state index >= 15 is 0 Å². The normalized spacial score (nSPS) is 10.0. The van der Waals surface area contributed by atoms with E-state index in [9.17, 15) is 4.79 Å². The molecule has 0 amide bonds. The molecule has 0 unspecified atom stereocenters. The van der Waals surface area contributed by atoms with Gasteiger partial charge in [0.15, 0.2) is 17.7 Å². The van der Waals surface area contributed by atoms with Crippen molar-refractivity contribution in [3.8, 4) is 0 Å². The first kappa shape index (κ1) is 8.42. The predicted octanol–water partition coefficient (Wildman–Crippen LogP) is 1.40. The van der Waals surface area contributed by atoms with E-state index in [1.165, 1.54) is 7.11 Å². The van der Waals surface area contributed by atoms with Gasteiger partial charge in [0.1, 0.15) is 6.61 Å². The summed E-state index contributed by atoms with van der Waals surface area (Å²) in [6.07, 6.45) is 0.618. The molecule has 4 nitrogen and oxygen atoms in total. The largest absolute Gasteiger partial charge is 0.377 e. The van der Waals surface area contributed by atoms with Gasteiger partial charge in [0.05, 0.1) is 4.47 Å². The lowest BCUT2D eigenvalue weighted by molar-refractivity contribution is 0.111. The van der Waals surface area contributed by atoms with Gasteiger partial charge in [0.2, 0.25) is 0 Å². The molecule has 1 aromatic heterocycles. The molecule has 1 rings (SSSR count). The van der Waals surface area contributed by atoms with Crippen molar-refractivity contribution < 1.29 is 14.1 Å². The van der Waals surface area contributed by atoms with Crippen LogP contribution in [0.2, 0.25) is 0 Å². The molecular formula is C6H6BrNO3. The van der Waals surface area contributed by atoms with E-state index in [-0.39, 0.29) is 5.69 Å². The van der Waals surface area contributed by atoms with Crippen LogP contribution in [0.4, 0.5) is 0 Å². The molecular weight excluding hydrogens is 214 g/mol.